The zero-order valence-corrected chi connectivity index (χ0v) is 17.4. The van der Waals surface area contributed by atoms with Gasteiger partial charge in [0.15, 0.2) is 0 Å². The molecule has 1 fully saturated rings. The molecule has 2 aromatic heterocycles. The number of anilines is 1. The zero-order chi connectivity index (χ0) is 21.9. The van der Waals surface area contributed by atoms with Gasteiger partial charge in [-0.25, -0.2) is 0 Å². The molecule has 6 nitrogen and oxygen atoms in total. The minimum absolute atomic E-state index is 0.0293. The average molecular weight is 422 g/mol. The van der Waals surface area contributed by atoms with E-state index in [0.29, 0.717) is 12.1 Å². The lowest BCUT2D eigenvalue weighted by atomic mass is 10.1. The molecular weight excluding hydrogens is 400 g/mol. The molecule has 0 aliphatic heterocycles. The molecule has 0 spiro atoms. The maximum absolute atomic E-state index is 12.7. The van der Waals surface area contributed by atoms with E-state index in [9.17, 15) is 9.59 Å². The molecular formula is C26H22N4O2. The third kappa shape index (κ3) is 4.34. The summed E-state index contributed by atoms with van der Waals surface area (Å²) in [5, 5.41) is 8.01. The third-order valence-electron chi connectivity index (χ3n) is 5.81. The van der Waals surface area contributed by atoms with Gasteiger partial charge in [0.1, 0.15) is 0 Å². The molecule has 5 rings (SSSR count). The minimum atomic E-state index is -0.128. The van der Waals surface area contributed by atoms with Gasteiger partial charge in [-0.15, -0.1) is 0 Å². The maximum atomic E-state index is 12.7. The molecule has 158 valence electrons. The summed E-state index contributed by atoms with van der Waals surface area (Å²) in [6.45, 7) is 0.435. The van der Waals surface area contributed by atoms with E-state index < -0.39 is 0 Å². The summed E-state index contributed by atoms with van der Waals surface area (Å²) < 4.78 is 0. The van der Waals surface area contributed by atoms with E-state index in [2.05, 4.69) is 20.6 Å². The summed E-state index contributed by atoms with van der Waals surface area (Å²) in [5.41, 5.74) is 3.43. The first kappa shape index (κ1) is 19.9. The molecule has 2 atom stereocenters. The number of amides is 2. The van der Waals surface area contributed by atoms with E-state index in [4.69, 9.17) is 0 Å². The van der Waals surface area contributed by atoms with Crippen molar-refractivity contribution in [1.29, 1.82) is 0 Å². The van der Waals surface area contributed by atoms with Crippen LogP contribution in [0.15, 0.2) is 85.5 Å². The lowest BCUT2D eigenvalue weighted by Gasteiger charge is -2.08. The smallest absolute Gasteiger partial charge is 0.251 e. The Morgan fingerprint density at radius 3 is 2.56 bits per heavy atom. The standard InChI is InChI=1S/C26H22N4O2/c31-25(29-15-17-2-1-10-27-14-17)19-5-3-18(4-6-19)23-13-24(23)26(32)30-22-8-7-21-16-28-11-9-20(21)12-22/h1-12,14,16,23-24H,13,15H2,(H,29,31)(H,30,32)/t23-,24+/m1/s1. The fourth-order valence-electron chi connectivity index (χ4n) is 3.92. The van der Waals surface area contributed by atoms with Crippen LogP contribution in [0.3, 0.4) is 0 Å². The molecule has 0 radical (unpaired) electrons. The average Bonchev–Trinajstić information content (AvgIpc) is 3.64. The Bertz CT molecular complexity index is 1270. The second-order valence-electron chi connectivity index (χ2n) is 8.04. The van der Waals surface area contributed by atoms with Gasteiger partial charge in [-0.05, 0) is 65.3 Å². The van der Waals surface area contributed by atoms with Crippen LogP contribution in [0, 0.1) is 5.92 Å². The molecule has 2 amide bonds. The maximum Gasteiger partial charge on any atom is 0.251 e. The van der Waals surface area contributed by atoms with E-state index in [1.807, 2.05) is 60.7 Å². The van der Waals surface area contributed by atoms with Gasteiger partial charge in [0, 0.05) is 53.9 Å². The van der Waals surface area contributed by atoms with Crippen molar-refractivity contribution in [2.75, 3.05) is 5.32 Å². The van der Waals surface area contributed by atoms with Gasteiger partial charge in [-0.3, -0.25) is 19.6 Å². The Morgan fingerprint density at radius 2 is 1.75 bits per heavy atom. The minimum Gasteiger partial charge on any atom is -0.348 e. The van der Waals surface area contributed by atoms with Gasteiger partial charge < -0.3 is 10.6 Å². The van der Waals surface area contributed by atoms with E-state index in [1.165, 1.54) is 0 Å². The molecule has 2 aromatic carbocycles. The Kier molecular flexibility index (Phi) is 5.34. The van der Waals surface area contributed by atoms with Crippen molar-refractivity contribution in [2.45, 2.75) is 18.9 Å². The molecule has 0 bridgehead atoms. The van der Waals surface area contributed by atoms with Crippen molar-refractivity contribution < 1.29 is 9.59 Å². The number of carbonyl (C=O) groups excluding carboxylic acids is 2. The summed E-state index contributed by atoms with van der Waals surface area (Å²) >= 11 is 0. The topological polar surface area (TPSA) is 84.0 Å². The lowest BCUT2D eigenvalue weighted by Crippen LogP contribution is -2.22. The van der Waals surface area contributed by atoms with E-state index in [-0.39, 0.29) is 23.7 Å². The number of hydrogen-bond donors (Lipinski definition) is 2. The van der Waals surface area contributed by atoms with Crippen molar-refractivity contribution in [2.24, 2.45) is 5.92 Å². The Hall–Kier alpha value is -4.06. The first-order valence-electron chi connectivity index (χ1n) is 10.6. The summed E-state index contributed by atoms with van der Waals surface area (Å²) in [7, 11) is 0. The van der Waals surface area contributed by atoms with Crippen LogP contribution in [0.5, 0.6) is 0 Å². The molecule has 0 saturated heterocycles. The van der Waals surface area contributed by atoms with Crippen molar-refractivity contribution in [1.82, 2.24) is 15.3 Å². The van der Waals surface area contributed by atoms with Gasteiger partial charge in [-0.2, -0.15) is 0 Å². The molecule has 1 aliphatic rings. The van der Waals surface area contributed by atoms with Crippen molar-refractivity contribution in [3.8, 4) is 0 Å². The van der Waals surface area contributed by atoms with Crippen LogP contribution in [0.4, 0.5) is 5.69 Å². The molecule has 1 saturated carbocycles. The van der Waals surface area contributed by atoms with E-state index in [1.54, 1.807) is 24.8 Å². The number of rotatable bonds is 6. The van der Waals surface area contributed by atoms with Gasteiger partial charge in [0.2, 0.25) is 5.91 Å². The van der Waals surface area contributed by atoms with Crippen LogP contribution in [-0.2, 0) is 11.3 Å². The first-order chi connectivity index (χ1) is 15.7. The highest BCUT2D eigenvalue weighted by molar-refractivity contribution is 5.97. The van der Waals surface area contributed by atoms with Crippen LogP contribution < -0.4 is 10.6 Å². The number of nitrogens with zero attached hydrogens (tertiary/aromatic N) is 2. The number of aromatic nitrogens is 2. The predicted molar refractivity (Wildman–Crippen MR) is 123 cm³/mol. The predicted octanol–water partition coefficient (Wildman–Crippen LogP) is 4.30. The fraction of sp³-hybridized carbons (Fsp3) is 0.154. The molecule has 0 unspecified atom stereocenters. The van der Waals surface area contributed by atoms with Crippen LogP contribution in [0.25, 0.3) is 10.8 Å². The highest BCUT2D eigenvalue weighted by atomic mass is 16.2. The second kappa shape index (κ2) is 8.59. The van der Waals surface area contributed by atoms with Crippen LogP contribution >= 0.6 is 0 Å². The molecule has 2 N–H and O–H groups in total. The van der Waals surface area contributed by atoms with E-state index >= 15 is 0 Å². The Morgan fingerprint density at radius 1 is 0.906 bits per heavy atom. The first-order valence-corrected chi connectivity index (χ1v) is 10.6. The van der Waals surface area contributed by atoms with Crippen LogP contribution in [0.2, 0.25) is 0 Å². The zero-order valence-electron chi connectivity index (χ0n) is 17.4. The molecule has 1 aliphatic carbocycles. The number of carbonyl (C=O) groups is 2. The number of hydrogen-bond acceptors (Lipinski definition) is 4. The molecule has 32 heavy (non-hydrogen) atoms. The Balaban J connectivity index is 1.17. The number of benzene rings is 2. The Labute approximate surface area is 185 Å². The molecule has 4 aromatic rings. The highest BCUT2D eigenvalue weighted by Crippen LogP contribution is 2.48. The fourth-order valence-corrected chi connectivity index (χ4v) is 3.92. The molecule has 2 heterocycles. The SMILES string of the molecule is O=C(NCc1cccnc1)c1ccc([C@H]2C[C@@H]2C(=O)Nc2ccc3cnccc3c2)cc1. The number of fused-ring (bicyclic) bond motifs is 1. The summed E-state index contributed by atoms with van der Waals surface area (Å²) in [4.78, 5) is 33.2. The summed E-state index contributed by atoms with van der Waals surface area (Å²) in [6, 6.07) is 19.0. The normalized spacial score (nSPS) is 17.0. The van der Waals surface area contributed by atoms with Gasteiger partial charge in [0.05, 0.1) is 0 Å². The number of pyridine rings is 2. The monoisotopic (exact) mass is 422 g/mol. The number of nitrogens with one attached hydrogen (secondary N) is 2. The highest BCUT2D eigenvalue weighted by Gasteiger charge is 2.43. The lowest BCUT2D eigenvalue weighted by molar-refractivity contribution is -0.117. The largest absolute Gasteiger partial charge is 0.348 e. The summed E-state index contributed by atoms with van der Waals surface area (Å²) in [5.74, 6) is 0.0410. The second-order valence-corrected chi connectivity index (χ2v) is 8.04. The van der Waals surface area contributed by atoms with E-state index in [0.717, 1.165) is 34.0 Å². The quantitative estimate of drug-likeness (QED) is 0.485. The van der Waals surface area contributed by atoms with Gasteiger partial charge in [-0.1, -0.05) is 24.3 Å². The van der Waals surface area contributed by atoms with Crippen molar-refractivity contribution >= 4 is 28.3 Å². The summed E-state index contributed by atoms with van der Waals surface area (Å²) in [6.07, 6.45) is 7.80. The van der Waals surface area contributed by atoms with Crippen molar-refractivity contribution in [3.63, 3.8) is 0 Å². The van der Waals surface area contributed by atoms with Gasteiger partial charge >= 0.3 is 0 Å². The molecule has 6 heteroatoms. The van der Waals surface area contributed by atoms with Gasteiger partial charge in [0.25, 0.3) is 5.91 Å². The van der Waals surface area contributed by atoms with Crippen LogP contribution in [-0.4, -0.2) is 21.8 Å². The third-order valence-corrected chi connectivity index (χ3v) is 5.81. The van der Waals surface area contributed by atoms with Crippen molar-refractivity contribution in [3.05, 3.63) is 102 Å². The van der Waals surface area contributed by atoms with Crippen LogP contribution in [0.1, 0.15) is 33.8 Å².